The van der Waals surface area contributed by atoms with Crippen LogP contribution in [0.2, 0.25) is 0 Å². The maximum absolute atomic E-state index is 9.92. The number of rotatable bonds is 6. The fourth-order valence-electron chi connectivity index (χ4n) is 2.73. The average molecular weight is 356 g/mol. The highest BCUT2D eigenvalue weighted by molar-refractivity contribution is 9.10. The Morgan fingerprint density at radius 1 is 1.29 bits per heavy atom. The molecule has 0 saturated heterocycles. The zero-order valence-electron chi connectivity index (χ0n) is 12.3. The van der Waals surface area contributed by atoms with E-state index < -0.39 is 0 Å². The Hall–Kier alpha value is -0.780. The van der Waals surface area contributed by atoms with E-state index in [1.54, 1.807) is 7.11 Å². The number of methoxy groups -OCH3 is 1. The lowest BCUT2D eigenvalue weighted by atomic mass is 10.2. The number of nitrogens with one attached hydrogen (secondary N) is 1. The summed E-state index contributed by atoms with van der Waals surface area (Å²) in [7, 11) is 1.65. The SMILES string of the molecule is COc1cc(CNC2CC2)cc(Br)c1OC1CCCC1O. The van der Waals surface area contributed by atoms with Crippen molar-refractivity contribution in [2.24, 2.45) is 0 Å². The van der Waals surface area contributed by atoms with Crippen LogP contribution in [-0.4, -0.2) is 30.5 Å². The lowest BCUT2D eigenvalue weighted by molar-refractivity contribution is 0.0581. The highest BCUT2D eigenvalue weighted by Gasteiger charge is 2.29. The molecule has 3 rings (SSSR count). The molecule has 1 aromatic rings. The van der Waals surface area contributed by atoms with Crippen molar-refractivity contribution in [2.45, 2.75) is 56.9 Å². The Balaban J connectivity index is 1.74. The molecule has 0 aliphatic heterocycles. The molecule has 2 fully saturated rings. The normalized spacial score (nSPS) is 25.1. The molecule has 1 aromatic carbocycles. The zero-order valence-corrected chi connectivity index (χ0v) is 13.9. The van der Waals surface area contributed by atoms with Gasteiger partial charge in [0.1, 0.15) is 6.10 Å². The third kappa shape index (κ3) is 3.71. The molecule has 2 atom stereocenters. The molecule has 0 spiro atoms. The number of aliphatic hydroxyl groups is 1. The van der Waals surface area contributed by atoms with Crippen molar-refractivity contribution in [1.29, 1.82) is 0 Å². The molecule has 116 valence electrons. The van der Waals surface area contributed by atoms with E-state index in [1.165, 1.54) is 18.4 Å². The van der Waals surface area contributed by atoms with Gasteiger partial charge in [0.05, 0.1) is 17.7 Å². The molecule has 2 saturated carbocycles. The number of halogens is 1. The van der Waals surface area contributed by atoms with E-state index in [0.29, 0.717) is 11.8 Å². The summed E-state index contributed by atoms with van der Waals surface area (Å²) in [6, 6.07) is 4.75. The molecule has 0 aromatic heterocycles. The molecule has 2 N–H and O–H groups in total. The molecule has 5 heteroatoms. The second kappa shape index (κ2) is 6.55. The summed E-state index contributed by atoms with van der Waals surface area (Å²) in [5.74, 6) is 1.41. The van der Waals surface area contributed by atoms with Gasteiger partial charge in [0.25, 0.3) is 0 Å². The first-order valence-electron chi connectivity index (χ1n) is 7.62. The van der Waals surface area contributed by atoms with Crippen LogP contribution in [0.3, 0.4) is 0 Å². The minimum atomic E-state index is -0.377. The predicted octanol–water partition coefficient (Wildman–Crippen LogP) is 3.00. The number of aliphatic hydroxyl groups excluding tert-OH is 1. The molecule has 0 heterocycles. The van der Waals surface area contributed by atoms with Gasteiger partial charge in [0.2, 0.25) is 0 Å². The van der Waals surface area contributed by atoms with Gasteiger partial charge in [-0.1, -0.05) is 0 Å². The summed E-state index contributed by atoms with van der Waals surface area (Å²) in [5.41, 5.74) is 1.17. The first-order chi connectivity index (χ1) is 10.2. The first-order valence-corrected chi connectivity index (χ1v) is 8.41. The van der Waals surface area contributed by atoms with Crippen LogP contribution in [0.1, 0.15) is 37.7 Å². The third-order valence-corrected chi connectivity index (χ3v) is 4.74. The van der Waals surface area contributed by atoms with Crippen LogP contribution in [0.25, 0.3) is 0 Å². The second-order valence-corrected chi connectivity index (χ2v) is 6.77. The largest absolute Gasteiger partial charge is 0.493 e. The Morgan fingerprint density at radius 2 is 2.10 bits per heavy atom. The fraction of sp³-hybridized carbons (Fsp3) is 0.625. The molecular weight excluding hydrogens is 334 g/mol. The van der Waals surface area contributed by atoms with Crippen molar-refractivity contribution >= 4 is 15.9 Å². The van der Waals surface area contributed by atoms with Gasteiger partial charge < -0.3 is 19.9 Å². The molecule has 0 radical (unpaired) electrons. The van der Waals surface area contributed by atoms with Crippen LogP contribution in [-0.2, 0) is 6.54 Å². The van der Waals surface area contributed by atoms with E-state index in [4.69, 9.17) is 9.47 Å². The van der Waals surface area contributed by atoms with Crippen molar-refractivity contribution in [3.63, 3.8) is 0 Å². The summed E-state index contributed by atoms with van der Waals surface area (Å²) in [5, 5.41) is 13.4. The molecule has 0 bridgehead atoms. The standard InChI is InChI=1S/C16H22BrNO3/c1-20-15-8-10(9-18-11-5-6-11)7-12(17)16(15)21-14-4-2-3-13(14)19/h7-8,11,13-14,18-19H,2-6,9H2,1H3. The van der Waals surface area contributed by atoms with E-state index in [-0.39, 0.29) is 12.2 Å². The number of hydrogen-bond acceptors (Lipinski definition) is 4. The molecule has 2 aliphatic rings. The van der Waals surface area contributed by atoms with Crippen LogP contribution in [0.4, 0.5) is 0 Å². The number of ether oxygens (including phenoxy) is 2. The quantitative estimate of drug-likeness (QED) is 0.823. The smallest absolute Gasteiger partial charge is 0.175 e. The first kappa shape index (κ1) is 15.1. The maximum atomic E-state index is 9.92. The van der Waals surface area contributed by atoms with Crippen molar-refractivity contribution in [1.82, 2.24) is 5.32 Å². The lowest BCUT2D eigenvalue weighted by Gasteiger charge is -2.21. The van der Waals surface area contributed by atoms with Gasteiger partial charge in [0, 0.05) is 12.6 Å². The van der Waals surface area contributed by atoms with Gasteiger partial charge in [0.15, 0.2) is 11.5 Å². The molecule has 4 nitrogen and oxygen atoms in total. The monoisotopic (exact) mass is 355 g/mol. The topological polar surface area (TPSA) is 50.7 Å². The number of benzene rings is 1. The summed E-state index contributed by atoms with van der Waals surface area (Å²) in [6.07, 6.45) is 4.76. The minimum absolute atomic E-state index is 0.134. The van der Waals surface area contributed by atoms with Crippen molar-refractivity contribution in [2.75, 3.05) is 7.11 Å². The summed E-state index contributed by atoms with van der Waals surface area (Å²) >= 11 is 3.57. The summed E-state index contributed by atoms with van der Waals surface area (Å²) in [6.45, 7) is 0.839. The molecule has 2 aliphatic carbocycles. The van der Waals surface area contributed by atoms with Gasteiger partial charge in [-0.05, 0) is 65.7 Å². The van der Waals surface area contributed by atoms with Crippen molar-refractivity contribution in [3.05, 3.63) is 22.2 Å². The van der Waals surface area contributed by atoms with Gasteiger partial charge in [-0.3, -0.25) is 0 Å². The summed E-state index contributed by atoms with van der Waals surface area (Å²) in [4.78, 5) is 0. The van der Waals surface area contributed by atoms with E-state index in [1.807, 2.05) is 6.07 Å². The number of hydrogen-bond donors (Lipinski definition) is 2. The highest BCUT2D eigenvalue weighted by atomic mass is 79.9. The van der Waals surface area contributed by atoms with Crippen molar-refractivity contribution < 1.29 is 14.6 Å². The van der Waals surface area contributed by atoms with E-state index in [9.17, 15) is 5.11 Å². The van der Waals surface area contributed by atoms with Gasteiger partial charge >= 0.3 is 0 Å². The van der Waals surface area contributed by atoms with E-state index in [0.717, 1.165) is 36.0 Å². The van der Waals surface area contributed by atoms with Crippen LogP contribution in [0.15, 0.2) is 16.6 Å². The van der Waals surface area contributed by atoms with Crippen LogP contribution in [0, 0.1) is 0 Å². The maximum Gasteiger partial charge on any atom is 0.175 e. The van der Waals surface area contributed by atoms with Crippen LogP contribution in [0.5, 0.6) is 11.5 Å². The second-order valence-electron chi connectivity index (χ2n) is 5.92. The summed E-state index contributed by atoms with van der Waals surface area (Å²) < 4.78 is 12.3. The predicted molar refractivity (Wildman–Crippen MR) is 84.8 cm³/mol. The third-order valence-electron chi connectivity index (χ3n) is 4.15. The zero-order chi connectivity index (χ0) is 14.8. The lowest BCUT2D eigenvalue weighted by Crippen LogP contribution is -2.26. The Kier molecular flexibility index (Phi) is 4.72. The molecule has 2 unspecified atom stereocenters. The van der Waals surface area contributed by atoms with Crippen molar-refractivity contribution in [3.8, 4) is 11.5 Å². The Morgan fingerprint density at radius 3 is 2.71 bits per heavy atom. The molecular formula is C16H22BrNO3. The minimum Gasteiger partial charge on any atom is -0.493 e. The van der Waals surface area contributed by atoms with Crippen LogP contribution >= 0.6 is 15.9 Å². The average Bonchev–Trinajstić information content (AvgIpc) is 3.22. The fourth-order valence-corrected chi connectivity index (χ4v) is 3.32. The van der Waals surface area contributed by atoms with Gasteiger partial charge in [-0.2, -0.15) is 0 Å². The Bertz CT molecular complexity index is 505. The van der Waals surface area contributed by atoms with Gasteiger partial charge in [-0.25, -0.2) is 0 Å². The van der Waals surface area contributed by atoms with E-state index >= 15 is 0 Å². The van der Waals surface area contributed by atoms with Crippen LogP contribution < -0.4 is 14.8 Å². The van der Waals surface area contributed by atoms with E-state index in [2.05, 4.69) is 27.3 Å². The molecule has 21 heavy (non-hydrogen) atoms. The Labute approximate surface area is 134 Å². The molecule has 0 amide bonds. The highest BCUT2D eigenvalue weighted by Crippen LogP contribution is 2.39. The van der Waals surface area contributed by atoms with Gasteiger partial charge in [-0.15, -0.1) is 0 Å².